The van der Waals surface area contributed by atoms with Crippen LogP contribution in [0.15, 0.2) is 77.7 Å². The SMILES string of the molecule is O=C(NCCN1CCN(c2nc3ccc(Cl)cc3s2)CC1)c1ccc(NS(=O)(=O)c2ccccc2)cc1. The quantitative estimate of drug-likeness (QED) is 0.336. The van der Waals surface area contributed by atoms with Crippen LogP contribution in [0, 0.1) is 0 Å². The van der Waals surface area contributed by atoms with Crippen LogP contribution in [0.1, 0.15) is 10.4 Å². The average Bonchev–Trinajstić information content (AvgIpc) is 3.33. The molecule has 1 aliphatic heterocycles. The molecule has 2 heterocycles. The minimum Gasteiger partial charge on any atom is -0.351 e. The van der Waals surface area contributed by atoms with Gasteiger partial charge in [0, 0.05) is 55.5 Å². The maximum atomic E-state index is 12.6. The minimum absolute atomic E-state index is 0.183. The van der Waals surface area contributed by atoms with Gasteiger partial charge in [-0.2, -0.15) is 0 Å². The van der Waals surface area contributed by atoms with E-state index in [4.69, 9.17) is 16.6 Å². The molecule has 1 aromatic heterocycles. The summed E-state index contributed by atoms with van der Waals surface area (Å²) in [5, 5.41) is 4.68. The van der Waals surface area contributed by atoms with Crippen molar-refractivity contribution in [3.8, 4) is 0 Å². The summed E-state index contributed by atoms with van der Waals surface area (Å²) < 4.78 is 28.5. The lowest BCUT2D eigenvalue weighted by atomic mass is 10.2. The van der Waals surface area contributed by atoms with Crippen molar-refractivity contribution >= 4 is 59.9 Å². The number of halogens is 1. The van der Waals surface area contributed by atoms with Gasteiger partial charge in [0.05, 0.1) is 15.1 Å². The number of sulfonamides is 1. The largest absolute Gasteiger partial charge is 0.351 e. The van der Waals surface area contributed by atoms with E-state index >= 15 is 0 Å². The number of aromatic nitrogens is 1. The second kappa shape index (κ2) is 11.1. The number of amides is 1. The number of carbonyl (C=O) groups is 1. The molecule has 0 atom stereocenters. The Kier molecular flexibility index (Phi) is 7.61. The fraction of sp³-hybridized carbons (Fsp3) is 0.231. The van der Waals surface area contributed by atoms with E-state index in [0.29, 0.717) is 17.8 Å². The summed E-state index contributed by atoms with van der Waals surface area (Å²) in [4.78, 5) is 22.1. The summed E-state index contributed by atoms with van der Waals surface area (Å²) in [6.07, 6.45) is 0. The van der Waals surface area contributed by atoms with Crippen LogP contribution in [-0.2, 0) is 10.0 Å². The Bertz CT molecular complexity index is 1490. The van der Waals surface area contributed by atoms with Crippen LogP contribution in [0.2, 0.25) is 5.02 Å². The van der Waals surface area contributed by atoms with Crippen molar-refractivity contribution in [2.24, 2.45) is 0 Å². The van der Waals surface area contributed by atoms with Crippen LogP contribution >= 0.6 is 22.9 Å². The fourth-order valence-corrected chi connectivity index (χ4v) is 6.49. The highest BCUT2D eigenvalue weighted by Crippen LogP contribution is 2.31. The number of nitrogens with zero attached hydrogens (tertiary/aromatic N) is 3. The van der Waals surface area contributed by atoms with E-state index < -0.39 is 10.0 Å². The molecule has 1 fully saturated rings. The summed E-state index contributed by atoms with van der Waals surface area (Å²) in [5.41, 5.74) is 1.84. The van der Waals surface area contributed by atoms with Crippen molar-refractivity contribution in [2.75, 3.05) is 48.9 Å². The highest BCUT2D eigenvalue weighted by atomic mass is 35.5. The summed E-state index contributed by atoms with van der Waals surface area (Å²) in [5.74, 6) is -0.191. The molecule has 1 amide bonds. The van der Waals surface area contributed by atoms with E-state index in [0.717, 1.165) is 53.1 Å². The third-order valence-corrected chi connectivity index (χ3v) is 8.86. The molecule has 1 aliphatic rings. The van der Waals surface area contributed by atoms with Gasteiger partial charge in [-0.05, 0) is 54.6 Å². The molecule has 37 heavy (non-hydrogen) atoms. The zero-order chi connectivity index (χ0) is 25.8. The zero-order valence-electron chi connectivity index (χ0n) is 19.9. The van der Waals surface area contributed by atoms with E-state index in [-0.39, 0.29) is 10.8 Å². The number of piperazine rings is 1. The van der Waals surface area contributed by atoms with E-state index in [2.05, 4.69) is 19.8 Å². The first-order valence-electron chi connectivity index (χ1n) is 11.9. The summed E-state index contributed by atoms with van der Waals surface area (Å²) >= 11 is 7.76. The van der Waals surface area contributed by atoms with Gasteiger partial charge in [-0.3, -0.25) is 14.4 Å². The maximum Gasteiger partial charge on any atom is 0.261 e. The van der Waals surface area contributed by atoms with E-state index in [9.17, 15) is 13.2 Å². The van der Waals surface area contributed by atoms with Gasteiger partial charge in [0.2, 0.25) is 0 Å². The monoisotopic (exact) mass is 555 g/mol. The molecule has 11 heteroatoms. The van der Waals surface area contributed by atoms with Crippen molar-refractivity contribution in [3.05, 3.63) is 83.4 Å². The highest BCUT2D eigenvalue weighted by molar-refractivity contribution is 7.92. The first-order chi connectivity index (χ1) is 17.9. The standard InChI is InChI=1S/C26H26ClN5O3S2/c27-20-8-11-23-24(18-20)36-26(29-23)32-16-14-31(15-17-32)13-12-28-25(33)19-6-9-21(10-7-19)30-37(34,35)22-4-2-1-3-5-22/h1-11,18,30H,12-17H2,(H,28,33). The molecule has 0 saturated carbocycles. The molecular weight excluding hydrogens is 530 g/mol. The topological polar surface area (TPSA) is 94.6 Å². The second-order valence-electron chi connectivity index (χ2n) is 8.69. The van der Waals surface area contributed by atoms with Crippen molar-refractivity contribution in [1.29, 1.82) is 0 Å². The van der Waals surface area contributed by atoms with Crippen LogP contribution in [0.5, 0.6) is 0 Å². The van der Waals surface area contributed by atoms with Gasteiger partial charge in [0.25, 0.3) is 15.9 Å². The predicted octanol–water partition coefficient (Wildman–Crippen LogP) is 4.30. The Morgan fingerprint density at radius 1 is 0.973 bits per heavy atom. The van der Waals surface area contributed by atoms with Gasteiger partial charge >= 0.3 is 0 Å². The number of nitrogens with one attached hydrogen (secondary N) is 2. The summed E-state index contributed by atoms with van der Waals surface area (Å²) in [7, 11) is -3.67. The normalized spacial score (nSPS) is 14.6. The van der Waals surface area contributed by atoms with Gasteiger partial charge in [0.15, 0.2) is 5.13 Å². The number of hydrogen-bond donors (Lipinski definition) is 2. The number of fused-ring (bicyclic) bond motifs is 1. The lowest BCUT2D eigenvalue weighted by Crippen LogP contribution is -2.48. The minimum atomic E-state index is -3.67. The fourth-order valence-electron chi connectivity index (χ4n) is 4.12. The van der Waals surface area contributed by atoms with Gasteiger partial charge in [0.1, 0.15) is 0 Å². The molecule has 1 saturated heterocycles. The number of rotatable bonds is 8. The predicted molar refractivity (Wildman–Crippen MR) is 149 cm³/mol. The van der Waals surface area contributed by atoms with E-state index in [1.54, 1.807) is 53.8 Å². The lowest BCUT2D eigenvalue weighted by molar-refractivity contribution is 0.0948. The first-order valence-corrected chi connectivity index (χ1v) is 14.5. The molecule has 192 valence electrons. The molecule has 0 spiro atoms. The molecule has 5 rings (SSSR count). The molecule has 3 aromatic carbocycles. The Hall–Kier alpha value is -3.18. The van der Waals surface area contributed by atoms with Crippen molar-refractivity contribution in [3.63, 3.8) is 0 Å². The highest BCUT2D eigenvalue weighted by Gasteiger charge is 2.20. The first kappa shape index (κ1) is 25.5. The van der Waals surface area contributed by atoms with Crippen LogP contribution in [0.4, 0.5) is 10.8 Å². The van der Waals surface area contributed by atoms with Gasteiger partial charge < -0.3 is 10.2 Å². The lowest BCUT2D eigenvalue weighted by Gasteiger charge is -2.34. The maximum absolute atomic E-state index is 12.6. The van der Waals surface area contributed by atoms with Crippen molar-refractivity contribution in [1.82, 2.24) is 15.2 Å². The van der Waals surface area contributed by atoms with Crippen LogP contribution < -0.4 is 14.9 Å². The zero-order valence-corrected chi connectivity index (χ0v) is 22.3. The van der Waals surface area contributed by atoms with Crippen molar-refractivity contribution in [2.45, 2.75) is 4.90 Å². The molecule has 0 unspecified atom stereocenters. The molecule has 0 aliphatic carbocycles. The van der Waals surface area contributed by atoms with E-state index in [1.807, 2.05) is 18.2 Å². The molecule has 0 bridgehead atoms. The van der Waals surface area contributed by atoms with Gasteiger partial charge in [-0.15, -0.1) is 0 Å². The Labute approximate surface area is 224 Å². The summed E-state index contributed by atoms with van der Waals surface area (Å²) in [6, 6.07) is 20.3. The van der Waals surface area contributed by atoms with Gasteiger partial charge in [-0.1, -0.05) is 41.1 Å². The van der Waals surface area contributed by atoms with E-state index in [1.165, 1.54) is 12.1 Å². The number of anilines is 2. The van der Waals surface area contributed by atoms with Crippen molar-refractivity contribution < 1.29 is 13.2 Å². The third kappa shape index (κ3) is 6.22. The van der Waals surface area contributed by atoms with Crippen LogP contribution in [-0.4, -0.2) is 63.5 Å². The average molecular weight is 556 g/mol. The number of hydrogen-bond acceptors (Lipinski definition) is 7. The second-order valence-corrected chi connectivity index (χ2v) is 11.8. The third-order valence-electron chi connectivity index (χ3n) is 6.15. The Morgan fingerprint density at radius 2 is 1.70 bits per heavy atom. The molecular formula is C26H26ClN5O3S2. The van der Waals surface area contributed by atoms with Gasteiger partial charge in [-0.25, -0.2) is 13.4 Å². The summed E-state index contributed by atoms with van der Waals surface area (Å²) in [6.45, 7) is 4.82. The molecule has 2 N–H and O–H groups in total. The number of benzene rings is 3. The van der Waals surface area contributed by atoms with Crippen LogP contribution in [0.25, 0.3) is 10.2 Å². The Morgan fingerprint density at radius 3 is 2.43 bits per heavy atom. The Balaban J connectivity index is 1.07. The molecule has 8 nitrogen and oxygen atoms in total. The molecule has 0 radical (unpaired) electrons. The smallest absolute Gasteiger partial charge is 0.261 e. The molecule has 4 aromatic rings. The number of carbonyl (C=O) groups excluding carboxylic acids is 1. The number of thiazole rings is 1. The van der Waals surface area contributed by atoms with Crippen LogP contribution in [0.3, 0.4) is 0 Å².